The Balaban J connectivity index is 1.57. The van der Waals surface area contributed by atoms with Crippen LogP contribution >= 0.6 is 11.8 Å². The summed E-state index contributed by atoms with van der Waals surface area (Å²) in [5.41, 5.74) is 1.76. The molecule has 1 aliphatic heterocycles. The summed E-state index contributed by atoms with van der Waals surface area (Å²) in [6.45, 7) is 0.668. The van der Waals surface area contributed by atoms with Gasteiger partial charge >= 0.3 is 0 Å². The van der Waals surface area contributed by atoms with Crippen LogP contribution in [0.15, 0.2) is 48.5 Å². The van der Waals surface area contributed by atoms with Gasteiger partial charge in [-0.1, -0.05) is 30.3 Å². The molecule has 1 N–H and O–H groups in total. The second-order valence-corrected chi connectivity index (χ2v) is 7.21. The maximum Gasteiger partial charge on any atom is 0.233 e. The first-order chi connectivity index (χ1) is 13.1. The normalized spacial score (nSPS) is 16.4. The number of halogens is 1. The number of rotatable bonds is 7. The van der Waals surface area contributed by atoms with Crippen LogP contribution in [-0.2, 0) is 16.1 Å². The number of thioether (sulfide) groups is 1. The number of nitrogens with zero attached hydrogens (tertiary/aromatic N) is 1. The summed E-state index contributed by atoms with van der Waals surface area (Å²) in [5, 5.41) is 2.65. The van der Waals surface area contributed by atoms with Crippen molar-refractivity contribution in [3.05, 3.63) is 65.5 Å². The third-order valence-electron chi connectivity index (χ3n) is 4.36. The molecule has 0 aliphatic carbocycles. The molecule has 5 nitrogen and oxygen atoms in total. The number of carbonyl (C=O) groups is 2. The van der Waals surface area contributed by atoms with Gasteiger partial charge in [-0.25, -0.2) is 4.39 Å². The molecule has 1 aliphatic rings. The number of nitrogens with one attached hydrogen (secondary N) is 1. The summed E-state index contributed by atoms with van der Waals surface area (Å²) in [4.78, 5) is 26.2. The van der Waals surface area contributed by atoms with E-state index in [1.54, 1.807) is 24.1 Å². The van der Waals surface area contributed by atoms with Crippen LogP contribution in [0.4, 0.5) is 4.39 Å². The van der Waals surface area contributed by atoms with Gasteiger partial charge in [0.2, 0.25) is 11.8 Å². The monoisotopic (exact) mass is 388 g/mol. The Morgan fingerprint density at radius 3 is 2.74 bits per heavy atom. The van der Waals surface area contributed by atoms with Crippen molar-refractivity contribution in [3.8, 4) is 5.75 Å². The molecule has 0 spiro atoms. The highest BCUT2D eigenvalue weighted by Gasteiger charge is 2.34. The smallest absolute Gasteiger partial charge is 0.233 e. The molecule has 0 saturated carbocycles. The molecule has 142 valence electrons. The van der Waals surface area contributed by atoms with E-state index in [0.717, 1.165) is 16.9 Å². The zero-order valence-corrected chi connectivity index (χ0v) is 15.8. The third kappa shape index (κ3) is 4.80. The van der Waals surface area contributed by atoms with Crippen LogP contribution in [0, 0.1) is 5.82 Å². The summed E-state index contributed by atoms with van der Waals surface area (Å²) < 4.78 is 18.3. The van der Waals surface area contributed by atoms with Crippen molar-refractivity contribution in [3.63, 3.8) is 0 Å². The summed E-state index contributed by atoms with van der Waals surface area (Å²) in [6.07, 6.45) is 0.207. The first kappa shape index (κ1) is 19.2. The average molecular weight is 388 g/mol. The van der Waals surface area contributed by atoms with E-state index in [4.69, 9.17) is 4.74 Å². The number of para-hydroxylation sites is 1. The van der Waals surface area contributed by atoms with Crippen LogP contribution in [0.5, 0.6) is 5.75 Å². The van der Waals surface area contributed by atoms with Crippen LogP contribution in [-0.4, -0.2) is 36.1 Å². The number of methoxy groups -OCH3 is 1. The molecule has 2 amide bonds. The lowest BCUT2D eigenvalue weighted by atomic mass is 10.1. The molecule has 0 unspecified atom stereocenters. The first-order valence-corrected chi connectivity index (χ1v) is 9.68. The molecule has 0 aromatic heterocycles. The molecular formula is C20H21FN2O3S. The number of ether oxygens (including phenoxy) is 1. The third-order valence-corrected chi connectivity index (χ3v) is 5.59. The van der Waals surface area contributed by atoms with E-state index < -0.39 is 0 Å². The summed E-state index contributed by atoms with van der Waals surface area (Å²) in [5.74, 6) is 0.679. The fourth-order valence-corrected chi connectivity index (χ4v) is 4.18. The van der Waals surface area contributed by atoms with Gasteiger partial charge in [0, 0.05) is 25.1 Å². The highest BCUT2D eigenvalue weighted by Crippen LogP contribution is 2.42. The Hall–Kier alpha value is -2.54. The maximum atomic E-state index is 12.9. The predicted molar refractivity (Wildman–Crippen MR) is 103 cm³/mol. The zero-order chi connectivity index (χ0) is 19.2. The molecule has 27 heavy (non-hydrogen) atoms. The Morgan fingerprint density at radius 1 is 1.26 bits per heavy atom. The van der Waals surface area contributed by atoms with E-state index in [1.165, 1.54) is 23.9 Å². The van der Waals surface area contributed by atoms with Gasteiger partial charge in [0.15, 0.2) is 0 Å². The van der Waals surface area contributed by atoms with Gasteiger partial charge in [0.05, 0.1) is 12.9 Å². The number of amides is 2. The molecule has 2 aromatic carbocycles. The van der Waals surface area contributed by atoms with Gasteiger partial charge < -0.3 is 15.0 Å². The highest BCUT2D eigenvalue weighted by atomic mass is 32.2. The summed E-state index contributed by atoms with van der Waals surface area (Å²) in [7, 11) is 1.60. The molecule has 1 fully saturated rings. The minimum Gasteiger partial charge on any atom is -0.496 e. The number of hydrogen-bond acceptors (Lipinski definition) is 4. The number of carbonyl (C=O) groups excluding carboxylic acids is 2. The minimum absolute atomic E-state index is 0.0160. The standard InChI is InChI=1S/C20H21FN2O3S/c1-26-17-5-3-2-4-16(17)20-23(19(25)13-27-20)11-10-18(24)22-12-14-6-8-15(21)9-7-14/h2-9,20H,10-13H2,1H3,(H,22,24)/t20-/m0/s1. The van der Waals surface area contributed by atoms with Crippen LogP contribution in [0.3, 0.4) is 0 Å². The van der Waals surface area contributed by atoms with E-state index in [0.29, 0.717) is 18.8 Å². The molecule has 1 atom stereocenters. The van der Waals surface area contributed by atoms with E-state index in [2.05, 4.69) is 5.32 Å². The van der Waals surface area contributed by atoms with E-state index in [-0.39, 0.29) is 29.4 Å². The average Bonchev–Trinajstić information content (AvgIpc) is 3.06. The van der Waals surface area contributed by atoms with Crippen LogP contribution in [0.1, 0.15) is 22.9 Å². The minimum atomic E-state index is -0.308. The Bertz CT molecular complexity index is 813. The van der Waals surface area contributed by atoms with Crippen molar-refractivity contribution in [2.24, 2.45) is 0 Å². The summed E-state index contributed by atoms with van der Waals surface area (Å²) >= 11 is 1.53. The fourth-order valence-electron chi connectivity index (χ4n) is 2.94. The largest absolute Gasteiger partial charge is 0.496 e. The van der Waals surface area contributed by atoms with Gasteiger partial charge in [0.1, 0.15) is 16.9 Å². The van der Waals surface area contributed by atoms with Crippen molar-refractivity contribution in [1.82, 2.24) is 10.2 Å². The van der Waals surface area contributed by atoms with Gasteiger partial charge in [-0.2, -0.15) is 0 Å². The topological polar surface area (TPSA) is 58.6 Å². The lowest BCUT2D eigenvalue weighted by Crippen LogP contribution is -2.33. The Kier molecular flexibility index (Phi) is 6.34. The van der Waals surface area contributed by atoms with Crippen molar-refractivity contribution >= 4 is 23.6 Å². The number of hydrogen-bond donors (Lipinski definition) is 1. The second-order valence-electron chi connectivity index (χ2n) is 6.15. The van der Waals surface area contributed by atoms with E-state index >= 15 is 0 Å². The Labute approximate surface area is 161 Å². The SMILES string of the molecule is COc1ccccc1[C@@H]1SCC(=O)N1CCC(=O)NCc1ccc(F)cc1. The first-order valence-electron chi connectivity index (χ1n) is 8.63. The lowest BCUT2D eigenvalue weighted by molar-refractivity contribution is -0.129. The zero-order valence-electron chi connectivity index (χ0n) is 15.0. The van der Waals surface area contributed by atoms with Crippen molar-refractivity contribution in [2.45, 2.75) is 18.3 Å². The summed E-state index contributed by atoms with van der Waals surface area (Å²) in [6, 6.07) is 13.6. The molecule has 3 rings (SSSR count). The molecule has 0 bridgehead atoms. The van der Waals surface area contributed by atoms with E-state index in [1.807, 2.05) is 24.3 Å². The van der Waals surface area contributed by atoms with Crippen molar-refractivity contribution < 1.29 is 18.7 Å². The number of benzene rings is 2. The molecular weight excluding hydrogens is 367 g/mol. The predicted octanol–water partition coefficient (Wildman–Crippen LogP) is 3.11. The van der Waals surface area contributed by atoms with Crippen molar-refractivity contribution in [1.29, 1.82) is 0 Å². The molecule has 0 radical (unpaired) electrons. The highest BCUT2D eigenvalue weighted by molar-refractivity contribution is 8.00. The quantitative estimate of drug-likeness (QED) is 0.792. The second kappa shape index (κ2) is 8.90. The van der Waals surface area contributed by atoms with Crippen LogP contribution in [0.2, 0.25) is 0 Å². The van der Waals surface area contributed by atoms with Gasteiger partial charge in [-0.3, -0.25) is 9.59 Å². The maximum absolute atomic E-state index is 12.9. The Morgan fingerprint density at radius 2 is 2.00 bits per heavy atom. The van der Waals surface area contributed by atoms with Gasteiger partial charge in [0.25, 0.3) is 0 Å². The van der Waals surface area contributed by atoms with Crippen LogP contribution in [0.25, 0.3) is 0 Å². The van der Waals surface area contributed by atoms with Gasteiger partial charge in [-0.05, 0) is 23.8 Å². The fraction of sp³-hybridized carbons (Fsp3) is 0.300. The lowest BCUT2D eigenvalue weighted by Gasteiger charge is -2.25. The molecule has 2 aromatic rings. The van der Waals surface area contributed by atoms with Crippen molar-refractivity contribution in [2.75, 3.05) is 19.4 Å². The molecule has 1 heterocycles. The van der Waals surface area contributed by atoms with Gasteiger partial charge in [-0.15, -0.1) is 11.8 Å². The molecule has 1 saturated heterocycles. The van der Waals surface area contributed by atoms with E-state index in [9.17, 15) is 14.0 Å². The van der Waals surface area contributed by atoms with Crippen LogP contribution < -0.4 is 10.1 Å². The molecule has 7 heteroatoms.